The van der Waals surface area contributed by atoms with E-state index in [2.05, 4.69) is 81.5 Å². The Labute approximate surface area is 479 Å². The van der Waals surface area contributed by atoms with Crippen molar-refractivity contribution >= 4 is 17.9 Å². The molecule has 0 N–H and O–H groups in total. The van der Waals surface area contributed by atoms with Crippen molar-refractivity contribution in [2.45, 2.75) is 361 Å². The predicted octanol–water partition coefficient (Wildman–Crippen LogP) is 23.1. The monoisotopic (exact) mass is 1080 g/mol. The van der Waals surface area contributed by atoms with Gasteiger partial charge in [0.15, 0.2) is 6.10 Å². The summed E-state index contributed by atoms with van der Waals surface area (Å²) in [7, 11) is 0. The molecule has 0 bridgehead atoms. The normalized spacial score (nSPS) is 12.4. The molecule has 1 atom stereocenters. The van der Waals surface area contributed by atoms with Crippen LogP contribution in [0, 0.1) is 0 Å². The van der Waals surface area contributed by atoms with E-state index in [1.807, 2.05) is 0 Å². The third-order valence-electron chi connectivity index (χ3n) is 15.0. The summed E-state index contributed by atoms with van der Waals surface area (Å²) in [6.07, 6.45) is 83.8. The van der Waals surface area contributed by atoms with Crippen molar-refractivity contribution in [1.82, 2.24) is 0 Å². The molecule has 0 aliphatic rings. The lowest BCUT2D eigenvalue weighted by molar-refractivity contribution is -0.167. The fourth-order valence-corrected chi connectivity index (χ4v) is 9.88. The molecule has 1 unspecified atom stereocenters. The minimum atomic E-state index is -0.781. The number of rotatable bonds is 62. The number of hydrogen-bond donors (Lipinski definition) is 0. The van der Waals surface area contributed by atoms with Gasteiger partial charge in [-0.05, 0) is 83.5 Å². The maximum atomic E-state index is 12.9. The van der Waals surface area contributed by atoms with Crippen LogP contribution in [0.2, 0.25) is 0 Å². The highest BCUT2D eigenvalue weighted by Crippen LogP contribution is 2.17. The van der Waals surface area contributed by atoms with Crippen LogP contribution in [0.3, 0.4) is 0 Å². The van der Waals surface area contributed by atoms with Crippen LogP contribution in [0.25, 0.3) is 0 Å². The van der Waals surface area contributed by atoms with Gasteiger partial charge in [-0.2, -0.15) is 0 Å². The molecule has 6 nitrogen and oxygen atoms in total. The number of esters is 3. The molecule has 0 radical (unpaired) electrons. The largest absolute Gasteiger partial charge is 0.462 e. The molecule has 0 spiro atoms. The van der Waals surface area contributed by atoms with E-state index in [-0.39, 0.29) is 31.1 Å². The zero-order valence-electron chi connectivity index (χ0n) is 51.5. The second kappa shape index (κ2) is 65.6. The highest BCUT2D eigenvalue weighted by Gasteiger charge is 2.19. The Balaban J connectivity index is 4.30. The number of carbonyl (C=O) groups excluding carboxylic acids is 3. The summed E-state index contributed by atoms with van der Waals surface area (Å²) in [6, 6.07) is 0. The molecule has 0 rings (SSSR count). The fourth-order valence-electron chi connectivity index (χ4n) is 9.88. The first-order valence-electron chi connectivity index (χ1n) is 33.8. The number of carbonyl (C=O) groups is 3. The van der Waals surface area contributed by atoms with E-state index in [1.54, 1.807) is 0 Å². The number of allylic oxidation sites excluding steroid dienone is 10. The number of unbranched alkanes of at least 4 members (excludes halogenated alkanes) is 41. The van der Waals surface area contributed by atoms with Gasteiger partial charge in [-0.1, -0.05) is 313 Å². The van der Waals surface area contributed by atoms with Crippen molar-refractivity contribution < 1.29 is 28.6 Å². The molecule has 0 fully saturated rings. The molecule has 0 heterocycles. The van der Waals surface area contributed by atoms with Crippen LogP contribution in [0.5, 0.6) is 0 Å². The maximum absolute atomic E-state index is 12.9. The third kappa shape index (κ3) is 63.8. The summed E-state index contributed by atoms with van der Waals surface area (Å²) in [4.78, 5) is 38.4. The Kier molecular flexibility index (Phi) is 63.2. The average Bonchev–Trinajstić information content (AvgIpc) is 3.43. The van der Waals surface area contributed by atoms with E-state index in [0.717, 1.165) is 89.9 Å². The number of hydrogen-bond acceptors (Lipinski definition) is 6. The van der Waals surface area contributed by atoms with E-state index < -0.39 is 6.10 Å². The maximum Gasteiger partial charge on any atom is 0.306 e. The zero-order chi connectivity index (χ0) is 55.7. The SMILES string of the molecule is CCCC/C=C\C/C=C\CCCCCCCC(=O)OCC(COC(=O)CCCCCCCCCCCC/C=C\C/C=C\C/C=C\CCCCCCC)OC(=O)CCCCCCCCCCCCCCCCCCCCCC. The van der Waals surface area contributed by atoms with Crippen LogP contribution in [-0.2, 0) is 28.6 Å². The van der Waals surface area contributed by atoms with E-state index in [1.165, 1.54) is 225 Å². The van der Waals surface area contributed by atoms with Gasteiger partial charge < -0.3 is 14.2 Å². The van der Waals surface area contributed by atoms with Crippen molar-refractivity contribution in [1.29, 1.82) is 0 Å². The molecule has 0 aliphatic carbocycles. The van der Waals surface area contributed by atoms with Crippen molar-refractivity contribution in [3.63, 3.8) is 0 Å². The first-order valence-corrected chi connectivity index (χ1v) is 33.8. The first kappa shape index (κ1) is 74.1. The predicted molar refractivity (Wildman–Crippen MR) is 335 cm³/mol. The first-order chi connectivity index (χ1) is 38.0. The second-order valence-corrected chi connectivity index (χ2v) is 22.7. The highest BCUT2D eigenvalue weighted by atomic mass is 16.6. The van der Waals surface area contributed by atoms with Crippen LogP contribution in [-0.4, -0.2) is 37.2 Å². The quantitative estimate of drug-likeness (QED) is 0.0261. The molecule has 0 aromatic rings. The van der Waals surface area contributed by atoms with Crippen LogP contribution in [0.15, 0.2) is 60.8 Å². The molecule has 6 heteroatoms. The Bertz CT molecular complexity index is 1380. The van der Waals surface area contributed by atoms with Crippen LogP contribution in [0.1, 0.15) is 355 Å². The minimum Gasteiger partial charge on any atom is -0.462 e. The Morgan fingerprint density at radius 1 is 0.260 bits per heavy atom. The highest BCUT2D eigenvalue weighted by molar-refractivity contribution is 5.71. The van der Waals surface area contributed by atoms with Gasteiger partial charge in [0.2, 0.25) is 0 Å². The van der Waals surface area contributed by atoms with Crippen molar-refractivity contribution in [3.8, 4) is 0 Å². The van der Waals surface area contributed by atoms with Gasteiger partial charge in [0.1, 0.15) is 13.2 Å². The minimum absolute atomic E-state index is 0.0776. The summed E-state index contributed by atoms with van der Waals surface area (Å²) < 4.78 is 17.0. The van der Waals surface area contributed by atoms with Gasteiger partial charge in [0.25, 0.3) is 0 Å². The van der Waals surface area contributed by atoms with E-state index >= 15 is 0 Å². The molecule has 0 aromatic carbocycles. The molecule has 0 amide bonds. The molecule has 448 valence electrons. The second-order valence-electron chi connectivity index (χ2n) is 22.7. The molecule has 77 heavy (non-hydrogen) atoms. The van der Waals surface area contributed by atoms with Crippen molar-refractivity contribution in [3.05, 3.63) is 60.8 Å². The van der Waals surface area contributed by atoms with Gasteiger partial charge in [0, 0.05) is 19.3 Å². The standard InChI is InChI=1S/C71H128O6/c1-4-7-10-13-16-19-22-25-28-30-32-34-35-36-37-38-40-41-43-46-49-52-55-58-61-64-70(73)76-67-68(66-75-69(72)63-60-57-54-51-48-45-27-24-21-18-15-12-9-6-3)77-71(74)65-62-59-56-53-50-47-44-42-39-33-31-29-26-23-20-17-14-11-8-5-2/h15,18,22,24-25,27,30,32,35-36,68H,4-14,16-17,19-21,23,26,28-29,31,33-34,37-67H2,1-3H3/b18-15-,25-22-,27-24-,32-30-,36-35-. The van der Waals surface area contributed by atoms with E-state index in [9.17, 15) is 14.4 Å². The molecule has 0 aliphatic heterocycles. The van der Waals surface area contributed by atoms with Gasteiger partial charge in [-0.3, -0.25) is 14.4 Å². The Morgan fingerprint density at radius 2 is 0.481 bits per heavy atom. The summed E-state index contributed by atoms with van der Waals surface area (Å²) in [5.74, 6) is -0.874. The lowest BCUT2D eigenvalue weighted by atomic mass is 10.0. The lowest BCUT2D eigenvalue weighted by Gasteiger charge is -2.18. The van der Waals surface area contributed by atoms with Gasteiger partial charge >= 0.3 is 17.9 Å². The van der Waals surface area contributed by atoms with Gasteiger partial charge in [0.05, 0.1) is 0 Å². The topological polar surface area (TPSA) is 78.9 Å². The Morgan fingerprint density at radius 3 is 0.766 bits per heavy atom. The summed E-state index contributed by atoms with van der Waals surface area (Å²) >= 11 is 0. The summed E-state index contributed by atoms with van der Waals surface area (Å²) in [6.45, 7) is 6.63. The third-order valence-corrected chi connectivity index (χ3v) is 15.0. The molecule has 0 saturated heterocycles. The fraction of sp³-hybridized carbons (Fsp3) is 0.817. The van der Waals surface area contributed by atoms with E-state index in [0.29, 0.717) is 19.3 Å². The van der Waals surface area contributed by atoms with Gasteiger partial charge in [-0.15, -0.1) is 0 Å². The van der Waals surface area contributed by atoms with Crippen LogP contribution in [0.4, 0.5) is 0 Å². The Hall–Kier alpha value is -2.89. The van der Waals surface area contributed by atoms with Gasteiger partial charge in [-0.25, -0.2) is 0 Å². The van der Waals surface area contributed by atoms with Crippen LogP contribution < -0.4 is 0 Å². The summed E-state index contributed by atoms with van der Waals surface area (Å²) in [5, 5.41) is 0. The van der Waals surface area contributed by atoms with E-state index in [4.69, 9.17) is 14.2 Å². The molecule has 0 aromatic heterocycles. The van der Waals surface area contributed by atoms with Crippen LogP contribution >= 0.6 is 0 Å². The summed E-state index contributed by atoms with van der Waals surface area (Å²) in [5.41, 5.74) is 0. The smallest absolute Gasteiger partial charge is 0.306 e. The average molecular weight is 1080 g/mol. The zero-order valence-corrected chi connectivity index (χ0v) is 51.5. The molecule has 0 saturated carbocycles. The van der Waals surface area contributed by atoms with Crippen molar-refractivity contribution in [2.75, 3.05) is 13.2 Å². The van der Waals surface area contributed by atoms with Crippen molar-refractivity contribution in [2.24, 2.45) is 0 Å². The molecular weight excluding hydrogens is 949 g/mol. The number of ether oxygens (including phenoxy) is 3. The lowest BCUT2D eigenvalue weighted by Crippen LogP contribution is -2.30. The molecular formula is C71H128O6.